The van der Waals surface area contributed by atoms with Crippen molar-refractivity contribution in [3.05, 3.63) is 32.3 Å². The second-order valence-electron chi connectivity index (χ2n) is 11.8. The highest BCUT2D eigenvalue weighted by Crippen LogP contribution is 2.45. The number of carbonyl (C=O) groups is 3. The van der Waals surface area contributed by atoms with E-state index in [0.29, 0.717) is 54.6 Å². The fourth-order valence-corrected chi connectivity index (χ4v) is 7.41. The van der Waals surface area contributed by atoms with Gasteiger partial charge >= 0.3 is 0 Å². The normalized spacial score (nSPS) is 25.2. The molecule has 1 spiro atoms. The van der Waals surface area contributed by atoms with Crippen molar-refractivity contribution in [2.75, 3.05) is 38.0 Å². The molecule has 0 bridgehead atoms. The van der Waals surface area contributed by atoms with Gasteiger partial charge < -0.3 is 20.4 Å². The fourth-order valence-electron chi connectivity index (χ4n) is 6.97. The first-order valence-electron chi connectivity index (χ1n) is 14.3. The van der Waals surface area contributed by atoms with E-state index in [1.807, 2.05) is 4.90 Å². The average Bonchev–Trinajstić information content (AvgIpc) is 2.94. The lowest BCUT2D eigenvalue weighted by Gasteiger charge is -2.44. The van der Waals surface area contributed by atoms with E-state index in [2.05, 4.69) is 26.6 Å². The molecule has 3 aliphatic heterocycles. The number of benzene rings is 1. The number of piperidine rings is 3. The molecule has 2 N–H and O–H groups in total. The Balaban J connectivity index is 1.33. The van der Waals surface area contributed by atoms with Crippen molar-refractivity contribution in [3.63, 3.8) is 0 Å². The molecule has 4 fully saturated rings. The quantitative estimate of drug-likeness (QED) is 0.378. The van der Waals surface area contributed by atoms with Gasteiger partial charge in [-0.05, 0) is 56.4 Å². The van der Waals surface area contributed by atoms with Gasteiger partial charge in [0.25, 0.3) is 11.6 Å². The standard InChI is InChI=1S/C28H38BrN5O5/c29-20-16-22(27(37)32-13-9-28(10-14-32)7-2-1-3-8-28)25(23(17-20)34(38)39)31-21-5-4-12-33(18-21)26(36)19-6-11-30-24(35)15-19/h16-17,19,21,31H,1-15,18H2,(H,30,35)/t19-,21-/m1/s1. The van der Waals surface area contributed by atoms with Crippen LogP contribution in [0.3, 0.4) is 0 Å². The summed E-state index contributed by atoms with van der Waals surface area (Å²) in [7, 11) is 0. The summed E-state index contributed by atoms with van der Waals surface area (Å²) in [4.78, 5) is 54.1. The van der Waals surface area contributed by atoms with Gasteiger partial charge in [-0.2, -0.15) is 0 Å². The summed E-state index contributed by atoms with van der Waals surface area (Å²) >= 11 is 3.38. The Bertz CT molecular complexity index is 1130. The fraction of sp³-hybridized carbons (Fsp3) is 0.679. The summed E-state index contributed by atoms with van der Waals surface area (Å²) in [6.45, 7) is 2.81. The van der Waals surface area contributed by atoms with Crippen LogP contribution in [0.25, 0.3) is 0 Å². The van der Waals surface area contributed by atoms with Gasteiger partial charge in [0.05, 0.1) is 10.5 Å². The lowest BCUT2D eigenvalue weighted by atomic mass is 9.68. The second kappa shape index (κ2) is 11.8. The SMILES string of the molecule is O=C1C[C@H](C(=O)N2CCC[C@@H](Nc3c(C(=O)N4CCC5(CCCCC5)CC4)cc(Br)cc3[N+](=O)[O-])C2)CCN1. The Morgan fingerprint density at radius 3 is 2.46 bits per heavy atom. The van der Waals surface area contributed by atoms with E-state index in [9.17, 15) is 24.5 Å². The van der Waals surface area contributed by atoms with Gasteiger partial charge in [0, 0.05) is 61.6 Å². The van der Waals surface area contributed by atoms with Gasteiger partial charge in [-0.25, -0.2) is 0 Å². The molecule has 1 aromatic carbocycles. The van der Waals surface area contributed by atoms with Gasteiger partial charge in [-0.3, -0.25) is 24.5 Å². The predicted octanol–water partition coefficient (Wildman–Crippen LogP) is 4.47. The number of halogens is 1. The Labute approximate surface area is 237 Å². The monoisotopic (exact) mass is 603 g/mol. The van der Waals surface area contributed by atoms with Crippen LogP contribution in [0, 0.1) is 21.4 Å². The summed E-state index contributed by atoms with van der Waals surface area (Å²) in [5.74, 6) is -0.664. The minimum Gasteiger partial charge on any atom is -0.374 e. The van der Waals surface area contributed by atoms with Gasteiger partial charge in [0.15, 0.2) is 0 Å². The van der Waals surface area contributed by atoms with E-state index in [-0.39, 0.29) is 47.5 Å². The van der Waals surface area contributed by atoms with Crippen LogP contribution in [0.15, 0.2) is 16.6 Å². The number of carbonyl (C=O) groups excluding carboxylic acids is 3. The van der Waals surface area contributed by atoms with E-state index >= 15 is 0 Å². The molecule has 4 aliphatic rings. The van der Waals surface area contributed by atoms with E-state index in [4.69, 9.17) is 0 Å². The van der Waals surface area contributed by atoms with Crippen molar-refractivity contribution < 1.29 is 19.3 Å². The third-order valence-electron chi connectivity index (χ3n) is 9.21. The van der Waals surface area contributed by atoms with Gasteiger partial charge in [-0.15, -0.1) is 0 Å². The van der Waals surface area contributed by atoms with Crippen LogP contribution in [0.4, 0.5) is 11.4 Å². The van der Waals surface area contributed by atoms with Crippen molar-refractivity contribution in [3.8, 4) is 0 Å². The molecular weight excluding hydrogens is 566 g/mol. The van der Waals surface area contributed by atoms with E-state index < -0.39 is 4.92 Å². The number of amides is 3. The highest BCUT2D eigenvalue weighted by Gasteiger charge is 2.38. The zero-order valence-corrected chi connectivity index (χ0v) is 24.0. The summed E-state index contributed by atoms with van der Waals surface area (Å²) < 4.78 is 0.486. The molecule has 1 aliphatic carbocycles. The highest BCUT2D eigenvalue weighted by atomic mass is 79.9. The second-order valence-corrected chi connectivity index (χ2v) is 12.7. The number of nitrogens with one attached hydrogen (secondary N) is 2. The van der Waals surface area contributed by atoms with Crippen molar-refractivity contribution in [1.29, 1.82) is 0 Å². The molecule has 0 radical (unpaired) electrons. The zero-order chi connectivity index (χ0) is 27.6. The van der Waals surface area contributed by atoms with Crippen LogP contribution in [-0.2, 0) is 9.59 Å². The minimum atomic E-state index is -0.455. The Hall–Kier alpha value is -2.69. The molecule has 11 heteroatoms. The van der Waals surface area contributed by atoms with E-state index in [0.717, 1.165) is 25.7 Å². The number of hydrogen-bond acceptors (Lipinski definition) is 6. The van der Waals surface area contributed by atoms with E-state index in [1.165, 1.54) is 38.2 Å². The maximum Gasteiger partial charge on any atom is 0.294 e. The number of hydrogen-bond donors (Lipinski definition) is 2. The molecule has 212 valence electrons. The largest absolute Gasteiger partial charge is 0.374 e. The van der Waals surface area contributed by atoms with Gasteiger partial charge in [-0.1, -0.05) is 35.2 Å². The number of rotatable bonds is 5. The lowest BCUT2D eigenvalue weighted by molar-refractivity contribution is -0.384. The van der Waals surface area contributed by atoms with Gasteiger partial charge in [0.2, 0.25) is 11.8 Å². The first-order chi connectivity index (χ1) is 18.7. The zero-order valence-electron chi connectivity index (χ0n) is 22.4. The Morgan fingerprint density at radius 2 is 1.77 bits per heavy atom. The van der Waals surface area contributed by atoms with Crippen LogP contribution in [0.1, 0.15) is 81.0 Å². The summed E-state index contributed by atoms with van der Waals surface area (Å²) in [6.07, 6.45) is 10.5. The summed E-state index contributed by atoms with van der Waals surface area (Å²) in [5.41, 5.74) is 0.711. The first kappa shape index (κ1) is 27.9. The Kier molecular flexibility index (Phi) is 8.44. The molecule has 0 aromatic heterocycles. The highest BCUT2D eigenvalue weighted by molar-refractivity contribution is 9.10. The van der Waals surface area contributed by atoms with Crippen molar-refractivity contribution in [2.24, 2.45) is 11.3 Å². The topological polar surface area (TPSA) is 125 Å². The molecule has 39 heavy (non-hydrogen) atoms. The van der Waals surface area contributed by atoms with Crippen LogP contribution < -0.4 is 10.6 Å². The molecule has 3 amide bonds. The van der Waals surface area contributed by atoms with E-state index in [1.54, 1.807) is 11.0 Å². The van der Waals surface area contributed by atoms with Crippen LogP contribution >= 0.6 is 15.9 Å². The Morgan fingerprint density at radius 1 is 1.03 bits per heavy atom. The third-order valence-corrected chi connectivity index (χ3v) is 9.67. The molecule has 0 unspecified atom stereocenters. The molecule has 2 atom stereocenters. The minimum absolute atomic E-state index is 0.0390. The molecule has 10 nitrogen and oxygen atoms in total. The number of nitrogens with zero attached hydrogens (tertiary/aromatic N) is 3. The summed E-state index contributed by atoms with van der Waals surface area (Å²) in [5, 5.41) is 18.2. The molecular formula is C28H38BrN5O5. The summed E-state index contributed by atoms with van der Waals surface area (Å²) in [6, 6.07) is 2.87. The number of nitro groups is 1. The number of nitro benzene ring substituents is 1. The molecule has 3 heterocycles. The van der Waals surface area contributed by atoms with Crippen LogP contribution in [0.5, 0.6) is 0 Å². The van der Waals surface area contributed by atoms with Crippen molar-refractivity contribution in [2.45, 2.75) is 76.7 Å². The molecule has 3 saturated heterocycles. The molecule has 1 aromatic rings. The lowest BCUT2D eigenvalue weighted by Crippen LogP contribution is -2.49. The maximum absolute atomic E-state index is 13.8. The molecule has 5 rings (SSSR count). The number of likely N-dealkylation sites (tertiary alicyclic amines) is 2. The van der Waals surface area contributed by atoms with Crippen molar-refractivity contribution in [1.82, 2.24) is 15.1 Å². The third kappa shape index (κ3) is 6.23. The van der Waals surface area contributed by atoms with Crippen LogP contribution in [0.2, 0.25) is 0 Å². The van der Waals surface area contributed by atoms with Crippen LogP contribution in [-0.4, -0.2) is 71.2 Å². The average molecular weight is 605 g/mol. The van der Waals surface area contributed by atoms with Gasteiger partial charge in [0.1, 0.15) is 5.69 Å². The predicted molar refractivity (Wildman–Crippen MR) is 150 cm³/mol. The first-order valence-corrected chi connectivity index (χ1v) is 15.1. The smallest absolute Gasteiger partial charge is 0.294 e. The molecule has 1 saturated carbocycles. The van der Waals surface area contributed by atoms with Crippen molar-refractivity contribution >= 4 is 45.0 Å². The maximum atomic E-state index is 13.8. The number of anilines is 1.